The van der Waals surface area contributed by atoms with E-state index in [1.807, 2.05) is 59.1 Å². The van der Waals surface area contributed by atoms with Crippen molar-refractivity contribution in [1.82, 2.24) is 14.9 Å². The number of anilines is 2. The van der Waals surface area contributed by atoms with Gasteiger partial charge in [0, 0.05) is 26.2 Å². The molecule has 156 valence electrons. The predicted octanol–water partition coefficient (Wildman–Crippen LogP) is 1.48. The summed E-state index contributed by atoms with van der Waals surface area (Å²) < 4.78 is 19.8. The van der Waals surface area contributed by atoms with Crippen LogP contribution < -0.4 is 9.80 Å². The summed E-state index contributed by atoms with van der Waals surface area (Å²) in [6.45, 7) is 3.49. The average Bonchev–Trinajstić information content (AvgIpc) is 2.75. The molecule has 1 N–H and O–H groups in total. The van der Waals surface area contributed by atoms with Gasteiger partial charge in [-0.25, -0.2) is 9.37 Å². The first-order valence-corrected chi connectivity index (χ1v) is 10.0. The van der Waals surface area contributed by atoms with Gasteiger partial charge in [0.25, 0.3) is 0 Å². The van der Waals surface area contributed by atoms with E-state index in [0.717, 1.165) is 5.56 Å². The number of hydrogen-bond donors (Lipinski definition) is 1. The van der Waals surface area contributed by atoms with Crippen LogP contribution in [0.2, 0.25) is 0 Å². The number of piperidine rings is 1. The number of hydrogen-bond acceptors (Lipinski definition) is 7. The summed E-state index contributed by atoms with van der Waals surface area (Å²) in [5, 5.41) is 11.5. The minimum absolute atomic E-state index is 0.154. The molecule has 2 fully saturated rings. The Morgan fingerprint density at radius 3 is 2.55 bits per heavy atom. The molecule has 8 heteroatoms. The Hall–Kier alpha value is -2.29. The van der Waals surface area contributed by atoms with Gasteiger partial charge >= 0.3 is 0 Å². The van der Waals surface area contributed by atoms with Crippen molar-refractivity contribution < 1.29 is 14.2 Å². The van der Waals surface area contributed by atoms with Crippen LogP contribution in [-0.4, -0.2) is 79.5 Å². The molecule has 2 aliphatic rings. The first kappa shape index (κ1) is 20.0. The van der Waals surface area contributed by atoms with Crippen LogP contribution in [0.4, 0.5) is 16.2 Å². The molecule has 2 aromatic rings. The van der Waals surface area contributed by atoms with Crippen LogP contribution in [0.1, 0.15) is 12.0 Å². The molecule has 1 aromatic carbocycles. The lowest BCUT2D eigenvalue weighted by Crippen LogP contribution is -2.59. The highest BCUT2D eigenvalue weighted by molar-refractivity contribution is 5.46. The number of aromatic nitrogens is 2. The number of likely N-dealkylation sites (N-methyl/N-ethyl adjacent to an activating group) is 1. The lowest BCUT2D eigenvalue weighted by Gasteiger charge is -2.47. The predicted molar refractivity (Wildman–Crippen MR) is 110 cm³/mol. The topological polar surface area (TPSA) is 65.0 Å². The van der Waals surface area contributed by atoms with Gasteiger partial charge in [0.1, 0.15) is 5.60 Å². The molecule has 2 saturated heterocycles. The van der Waals surface area contributed by atoms with E-state index in [-0.39, 0.29) is 6.04 Å². The minimum Gasteiger partial charge on any atom is -0.383 e. The van der Waals surface area contributed by atoms with Crippen LogP contribution in [0.5, 0.6) is 0 Å². The molecule has 1 aromatic heterocycles. The summed E-state index contributed by atoms with van der Waals surface area (Å²) in [6.07, 6.45) is 1.78. The Kier molecular flexibility index (Phi) is 5.67. The summed E-state index contributed by atoms with van der Waals surface area (Å²) in [4.78, 5) is 14.8. The van der Waals surface area contributed by atoms with Gasteiger partial charge in [-0.2, -0.15) is 4.98 Å². The third-order valence-corrected chi connectivity index (χ3v) is 5.91. The van der Waals surface area contributed by atoms with Crippen LogP contribution in [0.3, 0.4) is 0 Å². The van der Waals surface area contributed by atoms with Gasteiger partial charge in [-0.15, -0.1) is 0 Å². The molecule has 0 aliphatic carbocycles. The monoisotopic (exact) mass is 401 g/mol. The maximum absolute atomic E-state index is 14.4. The fourth-order valence-corrected chi connectivity index (χ4v) is 4.26. The van der Waals surface area contributed by atoms with Crippen LogP contribution in [0.25, 0.3) is 0 Å². The molecule has 2 atom stereocenters. The smallest absolute Gasteiger partial charge is 0.227 e. The van der Waals surface area contributed by atoms with Crippen molar-refractivity contribution in [3.63, 3.8) is 0 Å². The van der Waals surface area contributed by atoms with E-state index in [4.69, 9.17) is 4.74 Å². The molecule has 0 spiro atoms. The zero-order valence-corrected chi connectivity index (χ0v) is 17.0. The molecule has 3 heterocycles. The maximum atomic E-state index is 14.4. The number of aliphatic hydroxyl groups is 1. The zero-order chi connectivity index (χ0) is 20.4. The van der Waals surface area contributed by atoms with E-state index in [2.05, 4.69) is 9.97 Å². The quantitative estimate of drug-likeness (QED) is 0.833. The van der Waals surface area contributed by atoms with E-state index in [9.17, 15) is 9.50 Å². The molecule has 7 nitrogen and oxygen atoms in total. The first-order chi connectivity index (χ1) is 14.0. The Labute approximate surface area is 170 Å². The second-order valence-corrected chi connectivity index (χ2v) is 7.91. The standard InChI is InChI=1S/C21H28FN5O2/c1-25(2)18-15-27(9-8-21(18,28)16-6-4-3-5-7-16)20-23-14-17(22)19(24-20)26-10-12-29-13-11-26/h3-7,14,18,28H,8-13,15H2,1-2H3/t18-,21+/m1/s1. The highest BCUT2D eigenvalue weighted by atomic mass is 19.1. The molecule has 29 heavy (non-hydrogen) atoms. The SMILES string of the molecule is CN(C)[C@@H]1CN(c2ncc(F)c(N3CCOCC3)n2)CC[C@]1(O)c1ccccc1. The number of morpholine rings is 1. The van der Waals surface area contributed by atoms with Crippen molar-refractivity contribution in [3.05, 3.63) is 47.9 Å². The second kappa shape index (κ2) is 8.22. The fourth-order valence-electron chi connectivity index (χ4n) is 4.26. The lowest BCUT2D eigenvalue weighted by atomic mass is 9.80. The summed E-state index contributed by atoms with van der Waals surface area (Å²) in [7, 11) is 3.93. The summed E-state index contributed by atoms with van der Waals surface area (Å²) in [6, 6.07) is 9.63. The Morgan fingerprint density at radius 2 is 1.86 bits per heavy atom. The summed E-state index contributed by atoms with van der Waals surface area (Å²) in [5.74, 6) is 0.399. The van der Waals surface area contributed by atoms with Crippen molar-refractivity contribution in [2.24, 2.45) is 0 Å². The van der Waals surface area contributed by atoms with Crippen LogP contribution >= 0.6 is 0 Å². The van der Waals surface area contributed by atoms with Crippen LogP contribution in [0, 0.1) is 5.82 Å². The van der Waals surface area contributed by atoms with Gasteiger partial charge in [0.05, 0.1) is 25.5 Å². The van der Waals surface area contributed by atoms with E-state index in [1.54, 1.807) is 0 Å². The van der Waals surface area contributed by atoms with E-state index >= 15 is 0 Å². The molecular formula is C21H28FN5O2. The van der Waals surface area contributed by atoms with Crippen LogP contribution in [0.15, 0.2) is 36.5 Å². The van der Waals surface area contributed by atoms with Crippen molar-refractivity contribution in [2.45, 2.75) is 18.1 Å². The zero-order valence-electron chi connectivity index (χ0n) is 17.0. The molecule has 0 unspecified atom stereocenters. The van der Waals surface area contributed by atoms with Crippen molar-refractivity contribution >= 4 is 11.8 Å². The molecule has 2 aliphatic heterocycles. The number of benzene rings is 1. The normalized spacial score (nSPS) is 25.5. The Balaban J connectivity index is 1.59. The highest BCUT2D eigenvalue weighted by Gasteiger charge is 2.44. The summed E-state index contributed by atoms with van der Waals surface area (Å²) in [5.41, 5.74) is -0.0543. The fraction of sp³-hybridized carbons (Fsp3) is 0.524. The Bertz CT molecular complexity index is 831. The molecule has 0 amide bonds. The largest absolute Gasteiger partial charge is 0.383 e. The molecule has 0 radical (unpaired) electrons. The molecule has 0 bridgehead atoms. The van der Waals surface area contributed by atoms with Gasteiger partial charge < -0.3 is 24.5 Å². The van der Waals surface area contributed by atoms with Crippen molar-refractivity contribution in [1.29, 1.82) is 0 Å². The van der Waals surface area contributed by atoms with Gasteiger partial charge in [0.15, 0.2) is 11.6 Å². The number of ether oxygens (including phenoxy) is 1. The highest BCUT2D eigenvalue weighted by Crippen LogP contribution is 2.36. The minimum atomic E-state index is -0.964. The van der Waals surface area contributed by atoms with Crippen molar-refractivity contribution in [2.75, 3.05) is 63.3 Å². The third kappa shape index (κ3) is 3.92. The lowest BCUT2D eigenvalue weighted by molar-refractivity contribution is -0.0528. The summed E-state index contributed by atoms with van der Waals surface area (Å²) >= 11 is 0. The number of halogens is 1. The van der Waals surface area contributed by atoms with Gasteiger partial charge in [-0.05, 0) is 26.1 Å². The van der Waals surface area contributed by atoms with Gasteiger partial charge in [-0.1, -0.05) is 30.3 Å². The number of nitrogens with zero attached hydrogens (tertiary/aromatic N) is 5. The molecule has 0 saturated carbocycles. The molecule has 4 rings (SSSR count). The van der Waals surface area contributed by atoms with E-state index in [0.29, 0.717) is 57.6 Å². The van der Waals surface area contributed by atoms with E-state index < -0.39 is 11.4 Å². The van der Waals surface area contributed by atoms with E-state index in [1.165, 1.54) is 6.20 Å². The first-order valence-electron chi connectivity index (χ1n) is 10.0. The van der Waals surface area contributed by atoms with Crippen LogP contribution in [-0.2, 0) is 10.3 Å². The maximum Gasteiger partial charge on any atom is 0.227 e. The molecular weight excluding hydrogens is 373 g/mol. The van der Waals surface area contributed by atoms with Gasteiger partial charge in [0.2, 0.25) is 5.95 Å². The van der Waals surface area contributed by atoms with Crippen molar-refractivity contribution in [3.8, 4) is 0 Å². The Morgan fingerprint density at radius 1 is 1.14 bits per heavy atom. The number of rotatable bonds is 4. The second-order valence-electron chi connectivity index (χ2n) is 7.91. The average molecular weight is 401 g/mol. The third-order valence-electron chi connectivity index (χ3n) is 5.91. The van der Waals surface area contributed by atoms with Gasteiger partial charge in [-0.3, -0.25) is 0 Å².